The Bertz CT molecular complexity index is 352. The topological polar surface area (TPSA) is 12.0 Å². The third-order valence-electron chi connectivity index (χ3n) is 2.69. The smallest absolute Gasteiger partial charge is 0.137 e. The van der Waals surface area contributed by atoms with Crippen LogP contribution in [-0.4, -0.2) is 6.54 Å². The summed E-state index contributed by atoms with van der Waals surface area (Å²) in [4.78, 5) is 0. The Morgan fingerprint density at radius 1 is 1.35 bits per heavy atom. The van der Waals surface area contributed by atoms with E-state index in [1.165, 1.54) is 6.07 Å². The molecule has 1 N–H and O–H groups in total. The van der Waals surface area contributed by atoms with Crippen LogP contribution in [0.3, 0.4) is 0 Å². The van der Waals surface area contributed by atoms with Gasteiger partial charge in [-0.1, -0.05) is 26.8 Å². The van der Waals surface area contributed by atoms with Gasteiger partial charge in [-0.15, -0.1) is 0 Å². The first kappa shape index (κ1) is 14.7. The van der Waals surface area contributed by atoms with E-state index < -0.39 is 0 Å². The van der Waals surface area contributed by atoms with E-state index in [9.17, 15) is 4.39 Å². The summed E-state index contributed by atoms with van der Waals surface area (Å²) >= 11 is 3.25. The number of hydrogen-bond donors (Lipinski definition) is 1. The summed E-state index contributed by atoms with van der Waals surface area (Å²) in [6.07, 6.45) is 2.18. The highest BCUT2D eigenvalue weighted by molar-refractivity contribution is 9.10. The standard InChI is InChI=1S/C14H21BrFN/c1-4-7-17-14(8-10(2)3)11-5-6-13(16)12(15)9-11/h5-6,9-10,14,17H,4,7-8H2,1-3H3. The Hall–Kier alpha value is -0.410. The first-order valence-electron chi connectivity index (χ1n) is 6.23. The molecule has 1 aromatic carbocycles. The van der Waals surface area contributed by atoms with Crippen molar-refractivity contribution in [2.45, 2.75) is 39.7 Å². The molecule has 0 aliphatic rings. The predicted molar refractivity (Wildman–Crippen MR) is 74.6 cm³/mol. The fraction of sp³-hybridized carbons (Fsp3) is 0.571. The van der Waals surface area contributed by atoms with E-state index in [1.807, 2.05) is 12.1 Å². The molecule has 0 radical (unpaired) electrons. The molecule has 1 rings (SSSR count). The van der Waals surface area contributed by atoms with Gasteiger partial charge < -0.3 is 5.32 Å². The van der Waals surface area contributed by atoms with Crippen molar-refractivity contribution in [3.05, 3.63) is 34.1 Å². The lowest BCUT2D eigenvalue weighted by molar-refractivity contribution is 0.429. The van der Waals surface area contributed by atoms with Gasteiger partial charge in [-0.3, -0.25) is 0 Å². The number of hydrogen-bond acceptors (Lipinski definition) is 1. The molecule has 0 heterocycles. The molecule has 0 amide bonds. The van der Waals surface area contributed by atoms with Crippen LogP contribution in [0.15, 0.2) is 22.7 Å². The van der Waals surface area contributed by atoms with Gasteiger partial charge in [-0.05, 0) is 58.9 Å². The van der Waals surface area contributed by atoms with E-state index in [1.54, 1.807) is 0 Å². The molecule has 0 saturated carbocycles. The van der Waals surface area contributed by atoms with Crippen LogP contribution in [-0.2, 0) is 0 Å². The first-order valence-corrected chi connectivity index (χ1v) is 7.02. The van der Waals surface area contributed by atoms with Crippen LogP contribution < -0.4 is 5.32 Å². The normalized spacial score (nSPS) is 13.1. The maximum Gasteiger partial charge on any atom is 0.137 e. The maximum atomic E-state index is 13.2. The highest BCUT2D eigenvalue weighted by atomic mass is 79.9. The average molecular weight is 302 g/mol. The van der Waals surface area contributed by atoms with E-state index in [-0.39, 0.29) is 5.82 Å². The fourth-order valence-electron chi connectivity index (χ4n) is 1.86. The summed E-state index contributed by atoms with van der Waals surface area (Å²) in [5, 5.41) is 3.52. The minimum Gasteiger partial charge on any atom is -0.310 e. The number of halogens is 2. The SMILES string of the molecule is CCCNC(CC(C)C)c1ccc(F)c(Br)c1. The van der Waals surface area contributed by atoms with Gasteiger partial charge in [0.15, 0.2) is 0 Å². The molecule has 1 aromatic rings. The zero-order valence-electron chi connectivity index (χ0n) is 10.8. The molecule has 0 bridgehead atoms. The number of benzene rings is 1. The second-order valence-electron chi connectivity index (χ2n) is 4.81. The van der Waals surface area contributed by atoms with E-state index in [0.717, 1.165) is 24.9 Å². The Kier molecular flexibility index (Phi) is 6.14. The molecular weight excluding hydrogens is 281 g/mol. The monoisotopic (exact) mass is 301 g/mol. The van der Waals surface area contributed by atoms with Crippen molar-refractivity contribution >= 4 is 15.9 Å². The summed E-state index contributed by atoms with van der Waals surface area (Å²) in [6, 6.07) is 5.59. The van der Waals surface area contributed by atoms with Crippen molar-refractivity contribution in [1.82, 2.24) is 5.32 Å². The third-order valence-corrected chi connectivity index (χ3v) is 3.30. The molecule has 0 aromatic heterocycles. The summed E-state index contributed by atoms with van der Waals surface area (Å²) < 4.78 is 13.8. The second kappa shape index (κ2) is 7.12. The lowest BCUT2D eigenvalue weighted by atomic mass is 9.97. The number of nitrogens with one attached hydrogen (secondary N) is 1. The highest BCUT2D eigenvalue weighted by Gasteiger charge is 2.13. The molecule has 3 heteroatoms. The van der Waals surface area contributed by atoms with Crippen LogP contribution in [0.25, 0.3) is 0 Å². The molecule has 0 fully saturated rings. The van der Waals surface area contributed by atoms with Crippen LogP contribution in [0.1, 0.15) is 45.2 Å². The molecule has 0 spiro atoms. The van der Waals surface area contributed by atoms with Gasteiger partial charge in [-0.25, -0.2) is 4.39 Å². The van der Waals surface area contributed by atoms with Crippen molar-refractivity contribution < 1.29 is 4.39 Å². The summed E-state index contributed by atoms with van der Waals surface area (Å²) in [7, 11) is 0. The lowest BCUT2D eigenvalue weighted by Crippen LogP contribution is -2.23. The quantitative estimate of drug-likeness (QED) is 0.805. The van der Waals surface area contributed by atoms with Gasteiger partial charge in [0.05, 0.1) is 4.47 Å². The van der Waals surface area contributed by atoms with Crippen LogP contribution >= 0.6 is 15.9 Å². The molecule has 0 saturated heterocycles. The minimum atomic E-state index is -0.201. The molecule has 96 valence electrons. The van der Waals surface area contributed by atoms with Gasteiger partial charge in [0, 0.05) is 6.04 Å². The number of rotatable bonds is 6. The van der Waals surface area contributed by atoms with Gasteiger partial charge in [0.25, 0.3) is 0 Å². The van der Waals surface area contributed by atoms with Crippen molar-refractivity contribution in [2.24, 2.45) is 5.92 Å². The molecule has 0 aliphatic heterocycles. The van der Waals surface area contributed by atoms with E-state index >= 15 is 0 Å². The van der Waals surface area contributed by atoms with Gasteiger partial charge in [0.2, 0.25) is 0 Å². The van der Waals surface area contributed by atoms with Crippen molar-refractivity contribution in [1.29, 1.82) is 0 Å². The van der Waals surface area contributed by atoms with Crippen LogP contribution in [0.4, 0.5) is 4.39 Å². The maximum absolute atomic E-state index is 13.2. The van der Waals surface area contributed by atoms with E-state index in [0.29, 0.717) is 16.4 Å². The molecule has 1 unspecified atom stereocenters. The molecule has 17 heavy (non-hydrogen) atoms. The third kappa shape index (κ3) is 4.76. The molecule has 1 nitrogen and oxygen atoms in total. The molecule has 1 atom stereocenters. The van der Waals surface area contributed by atoms with Crippen molar-refractivity contribution in [3.63, 3.8) is 0 Å². The second-order valence-corrected chi connectivity index (χ2v) is 5.66. The van der Waals surface area contributed by atoms with Crippen molar-refractivity contribution in [3.8, 4) is 0 Å². The Balaban J connectivity index is 2.83. The van der Waals surface area contributed by atoms with Crippen molar-refractivity contribution in [2.75, 3.05) is 6.54 Å². The fourth-order valence-corrected chi connectivity index (χ4v) is 2.25. The lowest BCUT2D eigenvalue weighted by Gasteiger charge is -2.21. The van der Waals surface area contributed by atoms with Crippen LogP contribution in [0, 0.1) is 11.7 Å². The average Bonchev–Trinajstić information content (AvgIpc) is 2.27. The Morgan fingerprint density at radius 3 is 2.59 bits per heavy atom. The molecular formula is C14H21BrFN. The van der Waals surface area contributed by atoms with Crippen LogP contribution in [0.2, 0.25) is 0 Å². The Labute approximate surface area is 112 Å². The summed E-state index contributed by atoms with van der Waals surface area (Å²) in [5.41, 5.74) is 1.15. The van der Waals surface area contributed by atoms with Gasteiger partial charge >= 0.3 is 0 Å². The van der Waals surface area contributed by atoms with Crippen LogP contribution in [0.5, 0.6) is 0 Å². The van der Waals surface area contributed by atoms with Gasteiger partial charge in [0.1, 0.15) is 5.82 Å². The van der Waals surface area contributed by atoms with E-state index in [2.05, 4.69) is 42.0 Å². The highest BCUT2D eigenvalue weighted by Crippen LogP contribution is 2.25. The predicted octanol–water partition coefficient (Wildman–Crippen LogP) is 4.68. The van der Waals surface area contributed by atoms with E-state index in [4.69, 9.17) is 0 Å². The Morgan fingerprint density at radius 2 is 2.06 bits per heavy atom. The molecule has 0 aliphatic carbocycles. The van der Waals surface area contributed by atoms with Gasteiger partial charge in [-0.2, -0.15) is 0 Å². The zero-order chi connectivity index (χ0) is 12.8. The largest absolute Gasteiger partial charge is 0.310 e. The minimum absolute atomic E-state index is 0.201. The zero-order valence-corrected chi connectivity index (χ0v) is 12.3. The summed E-state index contributed by atoms with van der Waals surface area (Å²) in [6.45, 7) is 7.56. The summed E-state index contributed by atoms with van der Waals surface area (Å²) in [5.74, 6) is 0.417. The first-order chi connectivity index (χ1) is 8.04.